The van der Waals surface area contributed by atoms with Gasteiger partial charge in [-0.25, -0.2) is 0 Å². The van der Waals surface area contributed by atoms with Gasteiger partial charge in [0.05, 0.1) is 19.2 Å². The lowest BCUT2D eigenvalue weighted by Crippen LogP contribution is -2.41. The maximum absolute atomic E-state index is 12.5. The van der Waals surface area contributed by atoms with E-state index in [4.69, 9.17) is 21.1 Å². The van der Waals surface area contributed by atoms with Gasteiger partial charge in [-0.05, 0) is 43.3 Å². The van der Waals surface area contributed by atoms with Crippen molar-refractivity contribution in [1.82, 2.24) is 10.3 Å². The van der Waals surface area contributed by atoms with Crippen molar-refractivity contribution < 1.29 is 19.1 Å². The Morgan fingerprint density at radius 1 is 1.07 bits per heavy atom. The third kappa shape index (κ3) is 4.04. The number of halogens is 1. The smallest absolute Gasteiger partial charge is 0.268 e. The predicted molar refractivity (Wildman–Crippen MR) is 108 cm³/mol. The first-order valence-electron chi connectivity index (χ1n) is 8.54. The highest BCUT2D eigenvalue weighted by atomic mass is 35.5. The van der Waals surface area contributed by atoms with Crippen molar-refractivity contribution in [1.29, 1.82) is 0 Å². The summed E-state index contributed by atoms with van der Waals surface area (Å²) in [4.78, 5) is 27.9. The summed E-state index contributed by atoms with van der Waals surface area (Å²) in [6.45, 7) is 1.60. The Kier molecular flexibility index (Phi) is 5.75. The van der Waals surface area contributed by atoms with Crippen LogP contribution in [0.3, 0.4) is 0 Å². The molecule has 0 bridgehead atoms. The van der Waals surface area contributed by atoms with Crippen LogP contribution < -0.4 is 20.1 Å². The second-order valence-corrected chi connectivity index (χ2v) is 6.55. The number of amides is 2. The van der Waals surface area contributed by atoms with Gasteiger partial charge in [0, 0.05) is 16.6 Å². The van der Waals surface area contributed by atoms with Gasteiger partial charge in [-0.2, -0.15) is 0 Å². The number of carbonyl (C=O) groups excluding carboxylic acids is 2. The molecule has 0 fully saturated rings. The van der Waals surface area contributed by atoms with Gasteiger partial charge in [0.25, 0.3) is 5.91 Å². The monoisotopic (exact) mass is 401 g/mol. The van der Waals surface area contributed by atoms with Gasteiger partial charge in [0.15, 0.2) is 0 Å². The maximum atomic E-state index is 12.5. The SMILES string of the molecule is COc1ccc(NC(=O)C(C)NC(=O)c2cc3c(OC)cccc3[nH]2)cc1Cl. The molecule has 0 saturated heterocycles. The largest absolute Gasteiger partial charge is 0.496 e. The van der Waals surface area contributed by atoms with Crippen molar-refractivity contribution >= 4 is 40.0 Å². The number of aromatic nitrogens is 1. The van der Waals surface area contributed by atoms with Crippen molar-refractivity contribution in [2.45, 2.75) is 13.0 Å². The molecule has 8 heteroatoms. The number of aromatic amines is 1. The first-order chi connectivity index (χ1) is 13.4. The average Bonchev–Trinajstić information content (AvgIpc) is 3.12. The zero-order chi connectivity index (χ0) is 20.3. The van der Waals surface area contributed by atoms with Crippen LogP contribution in [0.15, 0.2) is 42.5 Å². The fourth-order valence-corrected chi connectivity index (χ4v) is 3.02. The number of benzene rings is 2. The Bertz CT molecular complexity index is 1030. The molecule has 0 aliphatic heterocycles. The molecule has 0 spiro atoms. The Morgan fingerprint density at radius 3 is 2.50 bits per heavy atom. The summed E-state index contributed by atoms with van der Waals surface area (Å²) in [6.07, 6.45) is 0. The van der Waals surface area contributed by atoms with Gasteiger partial charge in [0.1, 0.15) is 23.2 Å². The number of anilines is 1. The first-order valence-corrected chi connectivity index (χ1v) is 8.91. The second kappa shape index (κ2) is 8.22. The lowest BCUT2D eigenvalue weighted by atomic mass is 10.2. The van der Waals surface area contributed by atoms with E-state index in [0.717, 1.165) is 10.9 Å². The number of carbonyl (C=O) groups is 2. The summed E-state index contributed by atoms with van der Waals surface area (Å²) in [5.74, 6) is 0.405. The van der Waals surface area contributed by atoms with Crippen LogP contribution in [-0.4, -0.2) is 37.1 Å². The number of rotatable bonds is 6. The molecule has 1 aromatic heterocycles. The molecule has 0 aliphatic rings. The van der Waals surface area contributed by atoms with Crippen molar-refractivity contribution in [3.63, 3.8) is 0 Å². The van der Waals surface area contributed by atoms with Gasteiger partial charge in [-0.3, -0.25) is 9.59 Å². The summed E-state index contributed by atoms with van der Waals surface area (Å²) < 4.78 is 10.4. The van der Waals surface area contributed by atoms with Crippen LogP contribution in [0.4, 0.5) is 5.69 Å². The van der Waals surface area contributed by atoms with Crippen LogP contribution in [0.5, 0.6) is 11.5 Å². The average molecular weight is 402 g/mol. The first kappa shape index (κ1) is 19.6. The Balaban J connectivity index is 1.68. The molecular formula is C20H20ClN3O4. The molecule has 1 unspecified atom stereocenters. The van der Waals surface area contributed by atoms with Crippen LogP contribution in [0.1, 0.15) is 17.4 Å². The number of fused-ring (bicyclic) bond motifs is 1. The summed E-state index contributed by atoms with van der Waals surface area (Å²) in [5, 5.41) is 6.55. The minimum absolute atomic E-state index is 0.339. The summed E-state index contributed by atoms with van der Waals surface area (Å²) in [7, 11) is 3.08. The molecule has 146 valence electrons. The van der Waals surface area contributed by atoms with Crippen LogP contribution >= 0.6 is 11.6 Å². The van der Waals surface area contributed by atoms with Gasteiger partial charge in [0.2, 0.25) is 5.91 Å². The van der Waals surface area contributed by atoms with E-state index in [1.54, 1.807) is 38.3 Å². The number of methoxy groups -OCH3 is 2. The highest BCUT2D eigenvalue weighted by Crippen LogP contribution is 2.27. The van der Waals surface area contributed by atoms with Crippen LogP contribution in [-0.2, 0) is 4.79 Å². The van der Waals surface area contributed by atoms with E-state index in [2.05, 4.69) is 15.6 Å². The molecule has 3 aromatic rings. The molecule has 0 aliphatic carbocycles. The molecule has 0 saturated carbocycles. The molecule has 0 radical (unpaired) electrons. The fourth-order valence-electron chi connectivity index (χ4n) is 2.76. The summed E-state index contributed by atoms with van der Waals surface area (Å²) in [6, 6.07) is 11.3. The number of hydrogen-bond acceptors (Lipinski definition) is 4. The van der Waals surface area contributed by atoms with Gasteiger partial charge < -0.3 is 25.1 Å². The van der Waals surface area contributed by atoms with Gasteiger partial charge in [-0.15, -0.1) is 0 Å². The molecule has 3 rings (SSSR count). The maximum Gasteiger partial charge on any atom is 0.268 e. The highest BCUT2D eigenvalue weighted by molar-refractivity contribution is 6.32. The summed E-state index contributed by atoms with van der Waals surface area (Å²) in [5.41, 5.74) is 1.62. The molecule has 2 amide bonds. The zero-order valence-electron chi connectivity index (χ0n) is 15.6. The van der Waals surface area contributed by atoms with E-state index >= 15 is 0 Å². The third-order valence-corrected chi connectivity index (χ3v) is 4.54. The standard InChI is InChI=1S/C20H20ClN3O4/c1-11(19(25)23-12-7-8-18(28-3)14(21)9-12)22-20(26)16-10-13-15(24-16)5-4-6-17(13)27-2/h4-11,24H,1-3H3,(H,22,26)(H,23,25). The zero-order valence-corrected chi connectivity index (χ0v) is 16.4. The Hall–Kier alpha value is -3.19. The lowest BCUT2D eigenvalue weighted by molar-refractivity contribution is -0.117. The van der Waals surface area contributed by atoms with E-state index < -0.39 is 11.9 Å². The normalized spacial score (nSPS) is 11.7. The van der Waals surface area contributed by atoms with Crippen LogP contribution in [0.25, 0.3) is 10.9 Å². The molecule has 1 atom stereocenters. The number of H-pyrrole nitrogens is 1. The Labute approximate surface area is 167 Å². The lowest BCUT2D eigenvalue weighted by Gasteiger charge is -2.14. The van der Waals surface area contributed by atoms with Crippen molar-refractivity contribution in [2.24, 2.45) is 0 Å². The molecular weight excluding hydrogens is 382 g/mol. The topological polar surface area (TPSA) is 92.5 Å². The summed E-state index contributed by atoms with van der Waals surface area (Å²) >= 11 is 6.06. The van der Waals surface area contributed by atoms with Crippen molar-refractivity contribution in [2.75, 3.05) is 19.5 Å². The molecule has 28 heavy (non-hydrogen) atoms. The minimum atomic E-state index is -0.762. The molecule has 1 heterocycles. The van der Waals surface area contributed by atoms with Crippen LogP contribution in [0.2, 0.25) is 5.02 Å². The third-order valence-electron chi connectivity index (χ3n) is 4.25. The van der Waals surface area contributed by atoms with Crippen molar-refractivity contribution in [3.05, 3.63) is 53.2 Å². The number of hydrogen-bond donors (Lipinski definition) is 3. The van der Waals surface area contributed by atoms with Crippen LogP contribution in [0, 0.1) is 0 Å². The highest BCUT2D eigenvalue weighted by Gasteiger charge is 2.19. The van der Waals surface area contributed by atoms with E-state index in [1.165, 1.54) is 7.11 Å². The molecule has 7 nitrogen and oxygen atoms in total. The number of nitrogens with one attached hydrogen (secondary N) is 3. The molecule has 2 aromatic carbocycles. The quantitative estimate of drug-likeness (QED) is 0.588. The molecule has 3 N–H and O–H groups in total. The predicted octanol–water partition coefficient (Wildman–Crippen LogP) is 3.60. The second-order valence-electron chi connectivity index (χ2n) is 6.14. The van der Waals surface area contributed by atoms with E-state index in [9.17, 15) is 9.59 Å². The number of ether oxygens (including phenoxy) is 2. The minimum Gasteiger partial charge on any atom is -0.496 e. The van der Waals surface area contributed by atoms with Gasteiger partial charge in [-0.1, -0.05) is 17.7 Å². The Morgan fingerprint density at radius 2 is 1.82 bits per heavy atom. The van der Waals surface area contributed by atoms with Gasteiger partial charge >= 0.3 is 0 Å². The fraction of sp³-hybridized carbons (Fsp3) is 0.200. The van der Waals surface area contributed by atoms with E-state index in [-0.39, 0.29) is 5.91 Å². The van der Waals surface area contributed by atoms with E-state index in [1.807, 2.05) is 18.2 Å². The van der Waals surface area contributed by atoms with E-state index in [0.29, 0.717) is 27.9 Å². The van der Waals surface area contributed by atoms with Crippen molar-refractivity contribution in [3.8, 4) is 11.5 Å².